The van der Waals surface area contributed by atoms with Gasteiger partial charge in [-0.15, -0.1) is 0 Å². The highest BCUT2D eigenvalue weighted by Crippen LogP contribution is 2.29. The summed E-state index contributed by atoms with van der Waals surface area (Å²) in [6.45, 7) is 6.89. The maximum atomic E-state index is 13.5. The van der Waals surface area contributed by atoms with Gasteiger partial charge in [0.1, 0.15) is 11.6 Å². The lowest BCUT2D eigenvalue weighted by Crippen LogP contribution is -2.53. The molecule has 0 unspecified atom stereocenters. The summed E-state index contributed by atoms with van der Waals surface area (Å²) in [6, 6.07) is 24.4. The maximum Gasteiger partial charge on any atom is 0.418 e. The Morgan fingerprint density at radius 2 is 1.44 bits per heavy atom. The number of carbonyl (C=O) groups is 3. The first-order valence-electron chi connectivity index (χ1n) is 14.7. The van der Waals surface area contributed by atoms with E-state index >= 15 is 0 Å². The standard InChI is InChI=1S/C34H39N3O6/c1-34(2,3)43-32(39)35-28(23-41-21-24-11-5-4-6-12-24)31(38)36-19-17-25(18-20-36)22-42-33(40)37-29-15-9-7-13-26(29)27-14-8-10-16-30(27)37/h4-16,25,28H,17-23H2,1-3H3,(H,35,39)/t28-/m0/s1. The number of alkyl carbamates (subject to hydrolysis) is 1. The molecule has 0 saturated carbocycles. The van der Waals surface area contributed by atoms with Crippen LogP contribution in [-0.2, 0) is 25.6 Å². The highest BCUT2D eigenvalue weighted by atomic mass is 16.6. The van der Waals surface area contributed by atoms with Gasteiger partial charge in [-0.25, -0.2) is 14.2 Å². The number of nitrogens with one attached hydrogen (secondary N) is 1. The van der Waals surface area contributed by atoms with Crippen LogP contribution in [0.5, 0.6) is 0 Å². The van der Waals surface area contributed by atoms with E-state index in [1.807, 2.05) is 78.9 Å². The highest BCUT2D eigenvalue weighted by molar-refractivity contribution is 6.12. The van der Waals surface area contributed by atoms with E-state index in [2.05, 4.69) is 5.32 Å². The van der Waals surface area contributed by atoms with Gasteiger partial charge in [0.2, 0.25) is 5.91 Å². The molecule has 0 bridgehead atoms. The minimum absolute atomic E-state index is 0.0172. The Kier molecular flexibility index (Phi) is 9.31. The van der Waals surface area contributed by atoms with Gasteiger partial charge in [-0.2, -0.15) is 0 Å². The van der Waals surface area contributed by atoms with Crippen LogP contribution in [0, 0.1) is 5.92 Å². The molecule has 43 heavy (non-hydrogen) atoms. The molecule has 2 heterocycles. The topological polar surface area (TPSA) is 99.1 Å². The van der Waals surface area contributed by atoms with E-state index in [0.29, 0.717) is 32.5 Å². The number of para-hydroxylation sites is 2. The molecule has 9 heteroatoms. The van der Waals surface area contributed by atoms with Crippen LogP contribution in [0.1, 0.15) is 39.2 Å². The van der Waals surface area contributed by atoms with Crippen molar-refractivity contribution in [2.75, 3.05) is 26.3 Å². The molecule has 0 aliphatic carbocycles. The van der Waals surface area contributed by atoms with Crippen LogP contribution in [0.15, 0.2) is 78.9 Å². The van der Waals surface area contributed by atoms with E-state index < -0.39 is 23.8 Å². The Bertz CT molecular complexity index is 1510. The molecule has 1 saturated heterocycles. The highest BCUT2D eigenvalue weighted by Gasteiger charge is 2.31. The third-order valence-corrected chi connectivity index (χ3v) is 7.52. The van der Waals surface area contributed by atoms with E-state index in [1.54, 1.807) is 30.2 Å². The second-order valence-electron chi connectivity index (χ2n) is 11.9. The largest absolute Gasteiger partial charge is 0.449 e. The van der Waals surface area contributed by atoms with Crippen LogP contribution in [0.4, 0.5) is 9.59 Å². The van der Waals surface area contributed by atoms with Gasteiger partial charge < -0.3 is 24.4 Å². The second-order valence-corrected chi connectivity index (χ2v) is 11.9. The predicted octanol–water partition coefficient (Wildman–Crippen LogP) is 6.13. The summed E-state index contributed by atoms with van der Waals surface area (Å²) in [7, 11) is 0. The summed E-state index contributed by atoms with van der Waals surface area (Å²) >= 11 is 0. The van der Waals surface area contributed by atoms with Crippen molar-refractivity contribution in [3.05, 3.63) is 84.4 Å². The molecule has 1 N–H and O–H groups in total. The zero-order valence-corrected chi connectivity index (χ0v) is 25.0. The van der Waals surface area contributed by atoms with Gasteiger partial charge >= 0.3 is 12.2 Å². The minimum atomic E-state index is -0.886. The average Bonchev–Trinajstić information content (AvgIpc) is 3.33. The fourth-order valence-corrected chi connectivity index (χ4v) is 5.41. The number of carbonyl (C=O) groups excluding carboxylic acids is 3. The molecule has 0 radical (unpaired) electrons. The van der Waals surface area contributed by atoms with Crippen molar-refractivity contribution < 1.29 is 28.6 Å². The number of fused-ring (bicyclic) bond motifs is 3. The second kappa shape index (κ2) is 13.3. The monoisotopic (exact) mass is 585 g/mol. The number of ether oxygens (including phenoxy) is 3. The number of likely N-dealkylation sites (tertiary alicyclic amines) is 1. The van der Waals surface area contributed by atoms with E-state index in [4.69, 9.17) is 14.2 Å². The first kappa shape index (κ1) is 30.1. The van der Waals surface area contributed by atoms with Crippen molar-refractivity contribution >= 4 is 39.9 Å². The summed E-state index contributed by atoms with van der Waals surface area (Å²) in [5.74, 6) is -0.104. The van der Waals surface area contributed by atoms with E-state index in [-0.39, 0.29) is 25.0 Å². The Balaban J connectivity index is 1.17. The van der Waals surface area contributed by atoms with Crippen molar-refractivity contribution in [2.45, 2.75) is 51.9 Å². The first-order valence-corrected chi connectivity index (χ1v) is 14.7. The summed E-state index contributed by atoms with van der Waals surface area (Å²) in [5, 5.41) is 4.71. The lowest BCUT2D eigenvalue weighted by molar-refractivity contribution is -0.136. The Labute approximate surface area is 251 Å². The van der Waals surface area contributed by atoms with Crippen molar-refractivity contribution in [1.29, 1.82) is 0 Å². The van der Waals surface area contributed by atoms with E-state index in [0.717, 1.165) is 27.4 Å². The first-order chi connectivity index (χ1) is 20.7. The third-order valence-electron chi connectivity index (χ3n) is 7.52. The van der Waals surface area contributed by atoms with Gasteiger partial charge in [-0.05, 0) is 57.2 Å². The number of hydrogen-bond acceptors (Lipinski definition) is 6. The summed E-state index contributed by atoms with van der Waals surface area (Å²) < 4.78 is 18.7. The molecule has 4 aromatic rings. The van der Waals surface area contributed by atoms with Gasteiger partial charge in [-0.3, -0.25) is 4.79 Å². The smallest absolute Gasteiger partial charge is 0.418 e. The predicted molar refractivity (Wildman–Crippen MR) is 165 cm³/mol. The van der Waals surface area contributed by atoms with Gasteiger partial charge in [0.25, 0.3) is 0 Å². The van der Waals surface area contributed by atoms with Crippen molar-refractivity contribution in [3.63, 3.8) is 0 Å². The van der Waals surface area contributed by atoms with Crippen LogP contribution < -0.4 is 5.32 Å². The number of rotatable bonds is 8. The zero-order chi connectivity index (χ0) is 30.4. The number of benzene rings is 3. The van der Waals surface area contributed by atoms with E-state index in [1.165, 1.54) is 0 Å². The molecule has 1 aliphatic heterocycles. The molecule has 9 nitrogen and oxygen atoms in total. The molecule has 5 rings (SSSR count). The van der Waals surface area contributed by atoms with Gasteiger partial charge in [0.15, 0.2) is 0 Å². The van der Waals surface area contributed by atoms with Crippen LogP contribution in [0.2, 0.25) is 0 Å². The SMILES string of the molecule is CC(C)(C)OC(=O)N[C@@H](COCc1ccccc1)C(=O)N1CCC(COC(=O)n2c3ccccc3c3ccccc32)CC1. The van der Waals surface area contributed by atoms with Gasteiger partial charge in [0, 0.05) is 23.9 Å². The van der Waals surface area contributed by atoms with Gasteiger partial charge in [0.05, 0.1) is 30.9 Å². The van der Waals surface area contributed by atoms with Crippen molar-refractivity contribution in [3.8, 4) is 0 Å². The summed E-state index contributed by atoms with van der Waals surface area (Å²) in [4.78, 5) is 41.0. The lowest BCUT2D eigenvalue weighted by atomic mass is 9.97. The van der Waals surface area contributed by atoms with E-state index in [9.17, 15) is 14.4 Å². The summed E-state index contributed by atoms with van der Waals surface area (Å²) in [6.07, 6.45) is 0.279. The molecule has 0 spiro atoms. The number of nitrogens with zero attached hydrogens (tertiary/aromatic N) is 2. The number of hydrogen-bond donors (Lipinski definition) is 1. The number of amides is 2. The van der Waals surface area contributed by atoms with Crippen LogP contribution in [0.25, 0.3) is 21.8 Å². The molecule has 1 fully saturated rings. The molecule has 226 valence electrons. The Morgan fingerprint density at radius 3 is 2.05 bits per heavy atom. The molecule has 2 amide bonds. The van der Waals surface area contributed by atoms with Crippen LogP contribution in [0.3, 0.4) is 0 Å². The van der Waals surface area contributed by atoms with Crippen LogP contribution >= 0.6 is 0 Å². The van der Waals surface area contributed by atoms with Crippen LogP contribution in [-0.4, -0.2) is 65.5 Å². The maximum absolute atomic E-state index is 13.5. The zero-order valence-electron chi connectivity index (χ0n) is 25.0. The third kappa shape index (κ3) is 7.53. The quantitative estimate of drug-likeness (QED) is 0.267. The van der Waals surface area contributed by atoms with Crippen molar-refractivity contribution in [2.24, 2.45) is 5.92 Å². The van der Waals surface area contributed by atoms with Crippen molar-refractivity contribution in [1.82, 2.24) is 14.8 Å². The normalized spacial score (nSPS) is 14.9. The average molecular weight is 586 g/mol. The Morgan fingerprint density at radius 1 is 0.860 bits per heavy atom. The van der Waals surface area contributed by atoms with Gasteiger partial charge in [-0.1, -0.05) is 66.7 Å². The number of piperidine rings is 1. The minimum Gasteiger partial charge on any atom is -0.449 e. The molecule has 1 atom stereocenters. The summed E-state index contributed by atoms with van der Waals surface area (Å²) in [5.41, 5.74) is 1.90. The molecule has 3 aromatic carbocycles. The lowest BCUT2D eigenvalue weighted by Gasteiger charge is -2.34. The molecule has 1 aromatic heterocycles. The molecule has 1 aliphatic rings. The Hall–Kier alpha value is -4.37. The molecular formula is C34H39N3O6. The fraction of sp³-hybridized carbons (Fsp3) is 0.382. The number of aromatic nitrogens is 1. The fourth-order valence-electron chi connectivity index (χ4n) is 5.41. The molecular weight excluding hydrogens is 546 g/mol.